The molecule has 0 radical (unpaired) electrons. The van der Waals surface area contributed by atoms with Gasteiger partial charge in [-0.15, -0.1) is 0 Å². The quantitative estimate of drug-likeness (QED) is 0.863. The fraction of sp³-hybridized carbons (Fsp3) is 0.176. The Morgan fingerprint density at radius 3 is 2.48 bits per heavy atom. The van der Waals surface area contributed by atoms with Crippen LogP contribution < -0.4 is 10.4 Å². The molecule has 0 aromatic heterocycles. The van der Waals surface area contributed by atoms with E-state index in [9.17, 15) is 4.79 Å². The van der Waals surface area contributed by atoms with Crippen LogP contribution in [0.25, 0.3) is 0 Å². The SMILES string of the molecule is Cc1ccc(N2NC(=Nc3cc(C)ccc3Cl)CC2=O)c(Cl)c1. The zero-order chi connectivity index (χ0) is 16.6. The lowest BCUT2D eigenvalue weighted by atomic mass is 10.2. The summed E-state index contributed by atoms with van der Waals surface area (Å²) in [5.74, 6) is 0.428. The second kappa shape index (κ2) is 6.22. The van der Waals surface area contributed by atoms with Crippen LogP contribution >= 0.6 is 23.2 Å². The minimum Gasteiger partial charge on any atom is -0.278 e. The summed E-state index contributed by atoms with van der Waals surface area (Å²) >= 11 is 12.4. The molecule has 3 rings (SSSR count). The largest absolute Gasteiger partial charge is 0.278 e. The van der Waals surface area contributed by atoms with Crippen molar-refractivity contribution < 1.29 is 4.79 Å². The van der Waals surface area contributed by atoms with E-state index in [0.717, 1.165) is 11.1 Å². The average molecular weight is 348 g/mol. The van der Waals surface area contributed by atoms with Gasteiger partial charge in [0, 0.05) is 0 Å². The van der Waals surface area contributed by atoms with Crippen LogP contribution in [-0.4, -0.2) is 11.7 Å². The second-order valence-corrected chi connectivity index (χ2v) is 6.30. The summed E-state index contributed by atoms with van der Waals surface area (Å²) in [7, 11) is 0. The molecule has 6 heteroatoms. The smallest absolute Gasteiger partial charge is 0.253 e. The summed E-state index contributed by atoms with van der Waals surface area (Å²) in [6.45, 7) is 3.91. The van der Waals surface area contributed by atoms with E-state index in [2.05, 4.69) is 10.4 Å². The maximum Gasteiger partial charge on any atom is 0.253 e. The standard InChI is InChI=1S/C17H15Cl2N3O/c1-10-4-6-15(13(19)7-10)22-17(23)9-16(21-22)20-14-8-11(2)3-5-12(14)18/h3-8H,9H2,1-2H3,(H,20,21). The number of hydrogen-bond donors (Lipinski definition) is 1. The first-order valence-corrected chi connectivity index (χ1v) is 7.89. The van der Waals surface area contributed by atoms with Crippen molar-refractivity contribution in [2.24, 2.45) is 4.99 Å². The number of amidine groups is 1. The molecule has 4 nitrogen and oxygen atoms in total. The van der Waals surface area contributed by atoms with Gasteiger partial charge in [-0.05, 0) is 49.2 Å². The van der Waals surface area contributed by atoms with E-state index >= 15 is 0 Å². The Bertz CT molecular complexity index is 817. The number of rotatable bonds is 2. The van der Waals surface area contributed by atoms with Crippen molar-refractivity contribution in [3.8, 4) is 0 Å². The number of benzene rings is 2. The van der Waals surface area contributed by atoms with Crippen LogP contribution in [0.5, 0.6) is 0 Å². The highest BCUT2D eigenvalue weighted by Crippen LogP contribution is 2.30. The number of aliphatic imine (C=N–C) groups is 1. The highest BCUT2D eigenvalue weighted by molar-refractivity contribution is 6.34. The predicted octanol–water partition coefficient (Wildman–Crippen LogP) is 4.58. The van der Waals surface area contributed by atoms with Gasteiger partial charge >= 0.3 is 0 Å². The molecule has 23 heavy (non-hydrogen) atoms. The van der Waals surface area contributed by atoms with Crippen molar-refractivity contribution in [3.05, 3.63) is 57.6 Å². The molecule has 2 aromatic rings. The van der Waals surface area contributed by atoms with Crippen LogP contribution in [0, 0.1) is 13.8 Å². The summed E-state index contributed by atoms with van der Waals surface area (Å²) in [6.07, 6.45) is 0.175. The van der Waals surface area contributed by atoms with Gasteiger partial charge in [-0.3, -0.25) is 10.2 Å². The van der Waals surface area contributed by atoms with Crippen LogP contribution in [0.4, 0.5) is 11.4 Å². The van der Waals surface area contributed by atoms with Crippen LogP contribution in [0.2, 0.25) is 10.0 Å². The lowest BCUT2D eigenvalue weighted by Gasteiger charge is -2.17. The average Bonchev–Trinajstić information content (AvgIpc) is 2.83. The van der Waals surface area contributed by atoms with Crippen molar-refractivity contribution >= 4 is 46.3 Å². The van der Waals surface area contributed by atoms with Crippen molar-refractivity contribution in [2.75, 3.05) is 5.01 Å². The molecule has 1 heterocycles. The number of halogens is 2. The Hall–Kier alpha value is -2.04. The predicted molar refractivity (Wildman–Crippen MR) is 94.7 cm³/mol. The highest BCUT2D eigenvalue weighted by atomic mass is 35.5. The number of amides is 1. The normalized spacial score (nSPS) is 16.1. The van der Waals surface area contributed by atoms with Gasteiger partial charge in [-0.1, -0.05) is 35.3 Å². The molecule has 1 aliphatic heterocycles. The summed E-state index contributed by atoms with van der Waals surface area (Å²) in [4.78, 5) is 16.7. The number of nitrogens with zero attached hydrogens (tertiary/aromatic N) is 2. The Kier molecular flexibility index (Phi) is 4.28. The van der Waals surface area contributed by atoms with Gasteiger partial charge in [-0.25, -0.2) is 10.0 Å². The number of hydrazine groups is 1. The van der Waals surface area contributed by atoms with Crippen molar-refractivity contribution in [1.82, 2.24) is 5.43 Å². The summed E-state index contributed by atoms with van der Waals surface area (Å²) in [5, 5.41) is 2.48. The third-order valence-corrected chi connectivity index (χ3v) is 4.13. The van der Waals surface area contributed by atoms with Gasteiger partial charge in [0.1, 0.15) is 5.84 Å². The number of carbonyl (C=O) groups is 1. The van der Waals surface area contributed by atoms with Crippen LogP contribution in [0.15, 0.2) is 41.4 Å². The molecule has 118 valence electrons. The number of carbonyl (C=O) groups excluding carboxylic acids is 1. The Balaban J connectivity index is 1.90. The Labute approximate surface area is 144 Å². The Morgan fingerprint density at radius 1 is 1.04 bits per heavy atom. The van der Waals surface area contributed by atoms with Gasteiger partial charge in [0.25, 0.3) is 5.91 Å². The lowest BCUT2D eigenvalue weighted by Crippen LogP contribution is -2.36. The zero-order valence-electron chi connectivity index (χ0n) is 12.7. The van der Waals surface area contributed by atoms with E-state index in [1.807, 2.05) is 44.2 Å². The first kappa shape index (κ1) is 15.8. The fourth-order valence-corrected chi connectivity index (χ4v) is 2.84. The summed E-state index contributed by atoms with van der Waals surface area (Å²) in [6, 6.07) is 11.1. The maximum absolute atomic E-state index is 12.3. The van der Waals surface area contributed by atoms with E-state index in [0.29, 0.717) is 27.3 Å². The first-order valence-electron chi connectivity index (χ1n) is 7.13. The monoisotopic (exact) mass is 347 g/mol. The minimum atomic E-state index is -0.113. The van der Waals surface area contributed by atoms with Gasteiger partial charge in [0.2, 0.25) is 0 Å². The molecule has 1 N–H and O–H groups in total. The van der Waals surface area contributed by atoms with E-state index in [1.54, 1.807) is 6.07 Å². The molecule has 1 amide bonds. The summed E-state index contributed by atoms with van der Waals surface area (Å²) in [5.41, 5.74) is 6.34. The van der Waals surface area contributed by atoms with Crippen LogP contribution in [-0.2, 0) is 4.79 Å². The van der Waals surface area contributed by atoms with E-state index in [-0.39, 0.29) is 12.3 Å². The molecule has 2 aromatic carbocycles. The van der Waals surface area contributed by atoms with E-state index < -0.39 is 0 Å². The van der Waals surface area contributed by atoms with Crippen LogP contribution in [0.1, 0.15) is 17.5 Å². The van der Waals surface area contributed by atoms with Crippen molar-refractivity contribution in [2.45, 2.75) is 20.3 Å². The molecule has 0 saturated carbocycles. The third kappa shape index (κ3) is 3.33. The summed E-state index contributed by atoms with van der Waals surface area (Å²) < 4.78 is 0. The van der Waals surface area contributed by atoms with Crippen molar-refractivity contribution in [1.29, 1.82) is 0 Å². The number of nitrogens with one attached hydrogen (secondary N) is 1. The van der Waals surface area contributed by atoms with Gasteiger partial charge in [0.15, 0.2) is 0 Å². The Morgan fingerprint density at radius 2 is 1.74 bits per heavy atom. The van der Waals surface area contributed by atoms with E-state index in [1.165, 1.54) is 5.01 Å². The first-order chi connectivity index (χ1) is 10.9. The molecule has 1 fully saturated rings. The minimum absolute atomic E-state index is 0.113. The second-order valence-electron chi connectivity index (χ2n) is 5.49. The topological polar surface area (TPSA) is 44.7 Å². The zero-order valence-corrected chi connectivity index (χ0v) is 14.2. The highest BCUT2D eigenvalue weighted by Gasteiger charge is 2.28. The fourth-order valence-electron chi connectivity index (χ4n) is 2.36. The lowest BCUT2D eigenvalue weighted by molar-refractivity contribution is -0.116. The molecule has 0 atom stereocenters. The van der Waals surface area contributed by atoms with Crippen molar-refractivity contribution in [3.63, 3.8) is 0 Å². The van der Waals surface area contributed by atoms with E-state index in [4.69, 9.17) is 23.2 Å². The molecule has 1 aliphatic rings. The number of hydrogen-bond acceptors (Lipinski definition) is 2. The molecular formula is C17H15Cl2N3O. The van der Waals surface area contributed by atoms with Crippen LogP contribution in [0.3, 0.4) is 0 Å². The molecule has 0 aliphatic carbocycles. The van der Waals surface area contributed by atoms with Gasteiger partial charge in [-0.2, -0.15) is 0 Å². The van der Waals surface area contributed by atoms with Gasteiger partial charge in [0.05, 0.1) is 27.8 Å². The molecular weight excluding hydrogens is 333 g/mol. The maximum atomic E-state index is 12.3. The molecule has 1 saturated heterocycles. The molecule has 0 unspecified atom stereocenters. The number of anilines is 1. The number of aryl methyl sites for hydroxylation is 2. The molecule has 0 bridgehead atoms. The third-order valence-electron chi connectivity index (χ3n) is 3.51. The molecule has 0 spiro atoms. The van der Waals surface area contributed by atoms with Gasteiger partial charge < -0.3 is 0 Å².